The van der Waals surface area contributed by atoms with Crippen LogP contribution in [0.25, 0.3) is 5.69 Å². The molecule has 2 rings (SSSR count). The highest BCUT2D eigenvalue weighted by Crippen LogP contribution is 2.23. The van der Waals surface area contributed by atoms with Crippen LogP contribution in [0.4, 0.5) is 0 Å². The molecule has 0 saturated carbocycles. The van der Waals surface area contributed by atoms with E-state index < -0.39 is 5.97 Å². The number of carboxylic acids is 1. The number of methoxy groups -OCH3 is 1. The normalized spacial score (nSPS) is 10.7. The first-order valence-electron chi connectivity index (χ1n) is 5.88. The average molecular weight is 261 g/mol. The van der Waals surface area contributed by atoms with Crippen molar-refractivity contribution in [1.82, 2.24) is 15.0 Å². The van der Waals surface area contributed by atoms with Gasteiger partial charge < -0.3 is 9.84 Å². The van der Waals surface area contributed by atoms with Gasteiger partial charge in [-0.25, -0.2) is 9.48 Å². The minimum atomic E-state index is -1.07. The van der Waals surface area contributed by atoms with Crippen LogP contribution in [0.2, 0.25) is 0 Å². The Bertz CT molecular complexity index is 605. The fourth-order valence-electron chi connectivity index (χ4n) is 1.89. The van der Waals surface area contributed by atoms with E-state index in [-0.39, 0.29) is 11.6 Å². The van der Waals surface area contributed by atoms with E-state index >= 15 is 0 Å². The van der Waals surface area contributed by atoms with Gasteiger partial charge in [0.15, 0.2) is 5.69 Å². The van der Waals surface area contributed by atoms with Crippen molar-refractivity contribution in [3.63, 3.8) is 0 Å². The van der Waals surface area contributed by atoms with Crippen molar-refractivity contribution in [1.29, 1.82) is 0 Å². The van der Waals surface area contributed by atoms with Crippen molar-refractivity contribution in [2.45, 2.75) is 19.8 Å². The van der Waals surface area contributed by atoms with E-state index in [0.717, 1.165) is 5.69 Å². The molecule has 0 bridgehead atoms. The van der Waals surface area contributed by atoms with Crippen LogP contribution in [-0.2, 0) is 0 Å². The number of nitrogens with zero attached hydrogens (tertiary/aromatic N) is 3. The van der Waals surface area contributed by atoms with Gasteiger partial charge in [-0.2, -0.15) is 0 Å². The van der Waals surface area contributed by atoms with Crippen LogP contribution in [0.5, 0.6) is 5.75 Å². The number of aromatic nitrogens is 3. The van der Waals surface area contributed by atoms with Crippen LogP contribution in [-0.4, -0.2) is 33.2 Å². The Kier molecular flexibility index (Phi) is 3.50. The van der Waals surface area contributed by atoms with Crippen molar-refractivity contribution in [3.8, 4) is 11.4 Å². The van der Waals surface area contributed by atoms with E-state index in [2.05, 4.69) is 10.3 Å². The first-order valence-corrected chi connectivity index (χ1v) is 5.88. The molecule has 0 aliphatic heterocycles. The second-order valence-electron chi connectivity index (χ2n) is 4.40. The van der Waals surface area contributed by atoms with Crippen molar-refractivity contribution in [3.05, 3.63) is 35.7 Å². The number of hydrogen-bond donors (Lipinski definition) is 1. The Morgan fingerprint density at radius 2 is 2.16 bits per heavy atom. The van der Waals surface area contributed by atoms with E-state index in [0.29, 0.717) is 11.4 Å². The summed E-state index contributed by atoms with van der Waals surface area (Å²) >= 11 is 0. The van der Waals surface area contributed by atoms with Crippen LogP contribution < -0.4 is 4.74 Å². The Balaban J connectivity index is 2.58. The molecule has 0 spiro atoms. The van der Waals surface area contributed by atoms with Gasteiger partial charge >= 0.3 is 5.97 Å². The first kappa shape index (κ1) is 13.1. The number of rotatable bonds is 4. The number of aromatic carboxylic acids is 1. The molecule has 2 aromatic rings. The fraction of sp³-hybridized carbons (Fsp3) is 0.308. The van der Waals surface area contributed by atoms with E-state index in [9.17, 15) is 4.79 Å². The van der Waals surface area contributed by atoms with Gasteiger partial charge in [0.2, 0.25) is 0 Å². The maximum absolute atomic E-state index is 11.2. The Morgan fingerprint density at radius 3 is 2.74 bits per heavy atom. The highest BCUT2D eigenvalue weighted by molar-refractivity contribution is 5.86. The lowest BCUT2D eigenvalue weighted by molar-refractivity contribution is 0.0688. The zero-order valence-electron chi connectivity index (χ0n) is 11.0. The molecule has 0 saturated heterocycles. The summed E-state index contributed by atoms with van der Waals surface area (Å²) in [5.74, 6) is -0.398. The maximum Gasteiger partial charge on any atom is 0.358 e. The number of hydrogen-bond acceptors (Lipinski definition) is 4. The molecule has 0 radical (unpaired) electrons. The minimum absolute atomic E-state index is 0.00713. The molecule has 0 aliphatic carbocycles. The predicted octanol–water partition coefficient (Wildman–Crippen LogP) is 2.10. The highest BCUT2D eigenvalue weighted by Gasteiger charge is 2.22. The third kappa shape index (κ3) is 2.42. The summed E-state index contributed by atoms with van der Waals surface area (Å²) in [5.41, 5.74) is 1.28. The maximum atomic E-state index is 11.2. The highest BCUT2D eigenvalue weighted by atomic mass is 16.5. The summed E-state index contributed by atoms with van der Waals surface area (Å²) in [6.07, 6.45) is 0. The Morgan fingerprint density at radius 1 is 1.42 bits per heavy atom. The van der Waals surface area contributed by atoms with Gasteiger partial charge in [0.05, 0.1) is 18.5 Å². The lowest BCUT2D eigenvalue weighted by Crippen LogP contribution is -2.08. The average Bonchev–Trinajstić information content (AvgIpc) is 2.83. The summed E-state index contributed by atoms with van der Waals surface area (Å²) in [6, 6.07) is 7.24. The smallest absolute Gasteiger partial charge is 0.358 e. The molecule has 1 heterocycles. The second kappa shape index (κ2) is 5.09. The molecular formula is C13H15N3O3. The molecule has 1 aromatic heterocycles. The SMILES string of the molecule is COc1cccc(-n2nnc(C(=O)O)c2C(C)C)c1. The summed E-state index contributed by atoms with van der Waals surface area (Å²) in [7, 11) is 1.58. The third-order valence-corrected chi connectivity index (χ3v) is 2.75. The monoisotopic (exact) mass is 261 g/mol. The number of carboxylic acid groups (broad SMARTS) is 1. The van der Waals surface area contributed by atoms with Gasteiger partial charge in [-0.05, 0) is 18.1 Å². The van der Waals surface area contributed by atoms with Crippen LogP contribution in [0.1, 0.15) is 35.9 Å². The summed E-state index contributed by atoms with van der Waals surface area (Å²) in [4.78, 5) is 11.2. The minimum Gasteiger partial charge on any atom is -0.497 e. The van der Waals surface area contributed by atoms with Gasteiger partial charge in [0, 0.05) is 6.07 Å². The molecule has 0 fully saturated rings. The molecule has 0 aliphatic rings. The predicted molar refractivity (Wildman–Crippen MR) is 69.0 cm³/mol. The van der Waals surface area contributed by atoms with Crippen molar-refractivity contribution in [2.24, 2.45) is 0 Å². The van der Waals surface area contributed by atoms with Crippen LogP contribution in [0, 0.1) is 0 Å². The molecule has 6 nitrogen and oxygen atoms in total. The third-order valence-electron chi connectivity index (χ3n) is 2.75. The van der Waals surface area contributed by atoms with Gasteiger partial charge in [0.25, 0.3) is 0 Å². The number of ether oxygens (including phenoxy) is 1. The summed E-state index contributed by atoms with van der Waals surface area (Å²) < 4.78 is 6.69. The molecular weight excluding hydrogens is 246 g/mol. The first-order chi connectivity index (χ1) is 9.04. The Labute approximate surface area is 110 Å². The van der Waals surface area contributed by atoms with Gasteiger partial charge in [-0.1, -0.05) is 25.1 Å². The largest absolute Gasteiger partial charge is 0.497 e. The number of carbonyl (C=O) groups is 1. The van der Waals surface area contributed by atoms with Crippen molar-refractivity contribution < 1.29 is 14.6 Å². The van der Waals surface area contributed by atoms with Gasteiger partial charge in [-0.15, -0.1) is 5.10 Å². The molecule has 1 N–H and O–H groups in total. The lowest BCUT2D eigenvalue weighted by atomic mass is 10.1. The molecule has 100 valence electrons. The van der Waals surface area contributed by atoms with Crippen molar-refractivity contribution >= 4 is 5.97 Å². The summed E-state index contributed by atoms with van der Waals surface area (Å²) in [6.45, 7) is 3.81. The van der Waals surface area contributed by atoms with Crippen LogP contribution in [0.15, 0.2) is 24.3 Å². The van der Waals surface area contributed by atoms with Crippen LogP contribution in [0.3, 0.4) is 0 Å². The topological polar surface area (TPSA) is 77.2 Å². The molecule has 6 heteroatoms. The Hall–Kier alpha value is -2.37. The lowest BCUT2D eigenvalue weighted by Gasteiger charge is -2.10. The van der Waals surface area contributed by atoms with E-state index in [1.54, 1.807) is 13.2 Å². The fourth-order valence-corrected chi connectivity index (χ4v) is 1.89. The van der Waals surface area contributed by atoms with E-state index in [1.165, 1.54) is 4.68 Å². The quantitative estimate of drug-likeness (QED) is 0.911. The molecule has 1 aromatic carbocycles. The number of benzene rings is 1. The molecule has 0 atom stereocenters. The molecule has 19 heavy (non-hydrogen) atoms. The second-order valence-corrected chi connectivity index (χ2v) is 4.40. The van der Waals surface area contributed by atoms with E-state index in [4.69, 9.17) is 9.84 Å². The molecule has 0 amide bonds. The zero-order chi connectivity index (χ0) is 14.0. The zero-order valence-corrected chi connectivity index (χ0v) is 11.0. The standard InChI is InChI=1S/C13H15N3O3/c1-8(2)12-11(13(17)18)14-15-16(12)9-5-4-6-10(7-9)19-3/h4-8H,1-3H3,(H,17,18). The van der Waals surface area contributed by atoms with E-state index in [1.807, 2.05) is 32.0 Å². The van der Waals surface area contributed by atoms with Crippen LogP contribution >= 0.6 is 0 Å². The van der Waals surface area contributed by atoms with Crippen molar-refractivity contribution in [2.75, 3.05) is 7.11 Å². The summed E-state index contributed by atoms with van der Waals surface area (Å²) in [5, 5.41) is 16.8. The van der Waals surface area contributed by atoms with Gasteiger partial charge in [-0.3, -0.25) is 0 Å². The van der Waals surface area contributed by atoms with Gasteiger partial charge in [0.1, 0.15) is 5.75 Å². The molecule has 0 unspecified atom stereocenters.